The fourth-order valence-electron chi connectivity index (χ4n) is 0.530. The van der Waals surface area contributed by atoms with Gasteiger partial charge in [0.25, 0.3) is 0 Å². The summed E-state index contributed by atoms with van der Waals surface area (Å²) in [5.41, 5.74) is 0. The van der Waals surface area contributed by atoms with Crippen LogP contribution in [0.4, 0.5) is 0 Å². The van der Waals surface area contributed by atoms with Crippen molar-refractivity contribution in [1.29, 1.82) is 0 Å². The molecular weight excluding hydrogens is 292 g/mol. The van der Waals surface area contributed by atoms with Gasteiger partial charge in [-0.3, -0.25) is 13.4 Å². The normalized spacial score (nSPS) is 31.8. The second-order valence-corrected chi connectivity index (χ2v) is 4.74. The first-order valence-electron chi connectivity index (χ1n) is 2.65. The molecule has 72 valence electrons. The Morgan fingerprint density at radius 2 is 2.00 bits per heavy atom. The SMILES string of the molecule is O=P([O-])([O-])OP1(=O)OCC(O)O1.[K+].[K+]. The van der Waals surface area contributed by atoms with E-state index >= 15 is 0 Å². The van der Waals surface area contributed by atoms with Gasteiger partial charge in [0, 0.05) is 0 Å². The van der Waals surface area contributed by atoms with Gasteiger partial charge in [-0.2, -0.15) is 0 Å². The molecule has 2 unspecified atom stereocenters. The third-order valence-corrected chi connectivity index (χ3v) is 3.39. The minimum Gasteiger partial charge on any atom is -0.789 e. The second kappa shape index (κ2) is 7.82. The minimum absolute atomic E-state index is 0. The average molecular weight is 296 g/mol. The summed E-state index contributed by atoms with van der Waals surface area (Å²) in [5, 5.41) is 8.57. The molecule has 0 spiro atoms. The third kappa shape index (κ3) is 7.75. The quantitative estimate of drug-likeness (QED) is 0.393. The largest absolute Gasteiger partial charge is 1.00 e. The Labute approximate surface area is 165 Å². The van der Waals surface area contributed by atoms with E-state index in [1.165, 1.54) is 0 Å². The van der Waals surface area contributed by atoms with Crippen LogP contribution >= 0.6 is 15.6 Å². The maximum absolute atomic E-state index is 10.8. The summed E-state index contributed by atoms with van der Waals surface area (Å²) in [4.78, 5) is 19.9. The molecule has 1 aliphatic rings. The second-order valence-electron chi connectivity index (χ2n) is 1.83. The molecule has 0 aromatic heterocycles. The van der Waals surface area contributed by atoms with Crippen molar-refractivity contribution in [2.45, 2.75) is 6.29 Å². The number of hydrogen-bond acceptors (Lipinski definition) is 8. The average Bonchev–Trinajstić information content (AvgIpc) is 2.05. The first kappa shape index (κ1) is 19.8. The first-order chi connectivity index (χ1) is 5.31. The van der Waals surface area contributed by atoms with Crippen molar-refractivity contribution in [3.05, 3.63) is 0 Å². The van der Waals surface area contributed by atoms with Crippen LogP contribution in [0.15, 0.2) is 0 Å². The van der Waals surface area contributed by atoms with Gasteiger partial charge < -0.3 is 19.5 Å². The van der Waals surface area contributed by atoms with E-state index in [2.05, 4.69) is 13.4 Å². The van der Waals surface area contributed by atoms with Crippen molar-refractivity contribution < 1.29 is 140 Å². The van der Waals surface area contributed by atoms with E-state index in [4.69, 9.17) is 5.11 Å². The van der Waals surface area contributed by atoms with Crippen molar-refractivity contribution in [2.24, 2.45) is 0 Å². The van der Waals surface area contributed by atoms with Crippen LogP contribution in [0.5, 0.6) is 0 Å². The van der Waals surface area contributed by atoms with E-state index in [1.54, 1.807) is 0 Å². The molecule has 0 aromatic rings. The van der Waals surface area contributed by atoms with E-state index in [9.17, 15) is 18.9 Å². The van der Waals surface area contributed by atoms with Crippen LogP contribution in [0.25, 0.3) is 0 Å². The van der Waals surface area contributed by atoms with Gasteiger partial charge in [0.05, 0.1) is 7.82 Å². The van der Waals surface area contributed by atoms with Gasteiger partial charge in [-0.05, 0) is 0 Å². The Morgan fingerprint density at radius 1 is 1.50 bits per heavy atom. The van der Waals surface area contributed by atoms with Crippen LogP contribution in [-0.4, -0.2) is 18.0 Å². The Balaban J connectivity index is 0. The Morgan fingerprint density at radius 3 is 2.29 bits per heavy atom. The molecule has 0 amide bonds. The number of phosphoric acid groups is 2. The van der Waals surface area contributed by atoms with Gasteiger partial charge in [0.2, 0.25) is 0 Å². The van der Waals surface area contributed by atoms with Gasteiger partial charge in [-0.1, -0.05) is 0 Å². The van der Waals surface area contributed by atoms with Crippen LogP contribution in [0, 0.1) is 0 Å². The predicted octanol–water partition coefficient (Wildman–Crippen LogP) is -7.69. The van der Waals surface area contributed by atoms with Crippen molar-refractivity contribution >= 4 is 15.6 Å². The topological polar surface area (TPSA) is 128 Å². The van der Waals surface area contributed by atoms with Crippen LogP contribution in [-0.2, 0) is 22.5 Å². The smallest absolute Gasteiger partial charge is 0.789 e. The Kier molecular flexibility index (Phi) is 11.1. The molecule has 2 atom stereocenters. The summed E-state index contributed by atoms with van der Waals surface area (Å²) >= 11 is 0. The van der Waals surface area contributed by atoms with Crippen LogP contribution in [0.3, 0.4) is 0 Å². The molecular formula is C2H4K2O8P2. The maximum Gasteiger partial charge on any atom is 1.00 e. The minimum atomic E-state index is -5.43. The zero-order valence-corrected chi connectivity index (χ0v) is 15.5. The summed E-state index contributed by atoms with van der Waals surface area (Å²) in [6, 6.07) is 0. The Hall–Kier alpha value is 3.49. The van der Waals surface area contributed by atoms with E-state index < -0.39 is 28.5 Å². The van der Waals surface area contributed by atoms with E-state index in [1.807, 2.05) is 0 Å². The van der Waals surface area contributed by atoms with E-state index in [0.29, 0.717) is 0 Å². The molecule has 0 saturated carbocycles. The summed E-state index contributed by atoms with van der Waals surface area (Å²) in [7, 11) is -9.82. The number of aliphatic hydroxyl groups is 1. The van der Waals surface area contributed by atoms with E-state index in [0.717, 1.165) is 0 Å². The molecule has 1 saturated heterocycles. The fourth-order valence-corrected chi connectivity index (χ4v) is 2.58. The molecule has 0 bridgehead atoms. The summed E-state index contributed by atoms with van der Waals surface area (Å²) in [6.45, 7) is -0.503. The van der Waals surface area contributed by atoms with Gasteiger partial charge >= 0.3 is 111 Å². The summed E-state index contributed by atoms with van der Waals surface area (Å²) < 4.78 is 32.4. The monoisotopic (exact) mass is 296 g/mol. The van der Waals surface area contributed by atoms with Crippen LogP contribution in [0.1, 0.15) is 0 Å². The molecule has 0 aromatic carbocycles. The zero-order valence-electron chi connectivity index (χ0n) is 7.48. The standard InChI is InChI=1S/C2H6O8P2.2K/c3-2-1-8-12(7,9-2)10-11(4,5)6;;/h2-3H,1H2,(H2,4,5,6);;/q;2*+1/p-2. The van der Waals surface area contributed by atoms with Crippen molar-refractivity contribution in [3.63, 3.8) is 0 Å². The Bertz CT molecular complexity index is 262. The van der Waals surface area contributed by atoms with Gasteiger partial charge in [0.15, 0.2) is 6.29 Å². The molecule has 0 aliphatic carbocycles. The predicted molar refractivity (Wildman–Crippen MR) is 29.3 cm³/mol. The van der Waals surface area contributed by atoms with Gasteiger partial charge in [0.1, 0.15) is 6.61 Å². The fraction of sp³-hybridized carbons (Fsp3) is 1.00. The number of rotatable bonds is 2. The number of phosphoric ester groups is 1. The van der Waals surface area contributed by atoms with Crippen molar-refractivity contribution in [3.8, 4) is 0 Å². The summed E-state index contributed by atoms with van der Waals surface area (Å²) in [5.74, 6) is 0. The molecule has 1 heterocycles. The van der Waals surface area contributed by atoms with Crippen molar-refractivity contribution in [2.75, 3.05) is 6.61 Å². The molecule has 14 heavy (non-hydrogen) atoms. The van der Waals surface area contributed by atoms with Gasteiger partial charge in [-0.15, -0.1) is 0 Å². The molecule has 12 heteroatoms. The van der Waals surface area contributed by atoms with Crippen LogP contribution < -0.4 is 113 Å². The maximum atomic E-state index is 10.8. The zero-order chi connectivity index (χ0) is 9.41. The first-order valence-corrected chi connectivity index (χ1v) is 5.57. The molecule has 0 radical (unpaired) electrons. The number of hydrogen-bond donors (Lipinski definition) is 1. The van der Waals surface area contributed by atoms with Crippen molar-refractivity contribution in [1.82, 2.24) is 0 Å². The summed E-state index contributed by atoms with van der Waals surface area (Å²) in [6.07, 6.45) is -1.54. The van der Waals surface area contributed by atoms with E-state index in [-0.39, 0.29) is 103 Å². The number of aliphatic hydroxyl groups excluding tert-OH is 1. The molecule has 1 fully saturated rings. The third-order valence-electron chi connectivity index (χ3n) is 0.826. The molecule has 8 nitrogen and oxygen atoms in total. The molecule has 1 aliphatic heterocycles. The van der Waals surface area contributed by atoms with Gasteiger partial charge in [-0.25, -0.2) is 4.57 Å². The van der Waals surface area contributed by atoms with Crippen LogP contribution in [0.2, 0.25) is 0 Å². The molecule has 1 rings (SSSR count). The molecule has 1 N–H and O–H groups in total.